The van der Waals surface area contributed by atoms with E-state index in [-0.39, 0.29) is 13.2 Å². The number of fused-ring (bicyclic) bond motifs is 1. The van der Waals surface area contributed by atoms with Crippen molar-refractivity contribution >= 4 is 17.8 Å². The number of hydrogen-bond donors (Lipinski definition) is 4. The second kappa shape index (κ2) is 9.82. The lowest BCUT2D eigenvalue weighted by molar-refractivity contribution is -0.135. The first kappa shape index (κ1) is 23.7. The van der Waals surface area contributed by atoms with E-state index in [1.54, 1.807) is 24.3 Å². The Labute approximate surface area is 199 Å². The van der Waals surface area contributed by atoms with Gasteiger partial charge in [0.1, 0.15) is 17.9 Å². The number of carbonyl (C=O) groups is 3. The maximum absolute atomic E-state index is 13.2. The van der Waals surface area contributed by atoms with Crippen LogP contribution in [0.1, 0.15) is 37.5 Å². The van der Waals surface area contributed by atoms with E-state index < -0.39 is 41.2 Å². The second-order valence-corrected chi connectivity index (χ2v) is 8.06. The fourth-order valence-corrected chi connectivity index (χ4v) is 4.01. The van der Waals surface area contributed by atoms with Crippen LogP contribution in [0.3, 0.4) is 0 Å². The summed E-state index contributed by atoms with van der Waals surface area (Å²) >= 11 is 0. The Morgan fingerprint density at radius 2 is 1.66 bits per heavy atom. The number of aromatic nitrogens is 1. The van der Waals surface area contributed by atoms with E-state index in [9.17, 15) is 24.3 Å². The van der Waals surface area contributed by atoms with Crippen LogP contribution in [-0.2, 0) is 29.1 Å². The fourth-order valence-electron chi connectivity index (χ4n) is 4.01. The summed E-state index contributed by atoms with van der Waals surface area (Å²) < 4.78 is 6.86. The van der Waals surface area contributed by atoms with Crippen molar-refractivity contribution in [3.05, 3.63) is 86.8 Å². The van der Waals surface area contributed by atoms with Crippen LogP contribution >= 0.6 is 0 Å². The number of aromatic hydroxyl groups is 1. The molecule has 10 heteroatoms. The van der Waals surface area contributed by atoms with Gasteiger partial charge in [-0.05, 0) is 28.8 Å². The number of benzene rings is 2. The Hall–Kier alpha value is -4.44. The zero-order valence-electron chi connectivity index (χ0n) is 18.6. The van der Waals surface area contributed by atoms with Crippen molar-refractivity contribution in [3.63, 3.8) is 0 Å². The van der Waals surface area contributed by atoms with E-state index in [0.29, 0.717) is 29.8 Å². The summed E-state index contributed by atoms with van der Waals surface area (Å²) in [5.74, 6) is -3.17. The van der Waals surface area contributed by atoms with E-state index >= 15 is 0 Å². The highest BCUT2D eigenvalue weighted by Gasteiger charge is 2.27. The van der Waals surface area contributed by atoms with Crippen LogP contribution in [0.5, 0.6) is 5.75 Å². The molecule has 0 fully saturated rings. The Kier molecular flexibility index (Phi) is 6.65. The normalized spacial score (nSPS) is 12.6. The standard InChI is InChI=1S/C25H23N3O7/c26-23(32)17-7-5-16(6-8-17)15-3-1-14(2-4-15)12-28-19-13-35-10-9-18(19)22(31)21(25(28)34)24(33)27-11-20(29)30/h1-8,31H,9-13H2,(H2,26,32)(H,27,33)(H,29,30). The highest BCUT2D eigenvalue weighted by molar-refractivity contribution is 5.98. The van der Waals surface area contributed by atoms with E-state index in [1.165, 1.54) is 4.57 Å². The number of ether oxygens (including phenoxy) is 1. The first-order chi connectivity index (χ1) is 16.8. The minimum absolute atomic E-state index is 0.0967. The molecular weight excluding hydrogens is 454 g/mol. The first-order valence-corrected chi connectivity index (χ1v) is 10.8. The molecule has 0 saturated heterocycles. The van der Waals surface area contributed by atoms with Crippen LogP contribution in [0.15, 0.2) is 53.3 Å². The molecule has 0 spiro atoms. The largest absolute Gasteiger partial charge is 0.507 e. The Morgan fingerprint density at radius 3 is 2.26 bits per heavy atom. The number of carbonyl (C=O) groups excluding carboxylic acids is 2. The monoisotopic (exact) mass is 477 g/mol. The third-order valence-electron chi connectivity index (χ3n) is 5.82. The Bertz CT molecular complexity index is 1360. The second-order valence-electron chi connectivity index (χ2n) is 8.06. The van der Waals surface area contributed by atoms with Crippen LogP contribution in [0, 0.1) is 0 Å². The lowest BCUT2D eigenvalue weighted by Crippen LogP contribution is -2.38. The van der Waals surface area contributed by atoms with Gasteiger partial charge in [-0.3, -0.25) is 19.2 Å². The zero-order chi connectivity index (χ0) is 25.1. The summed E-state index contributed by atoms with van der Waals surface area (Å²) in [4.78, 5) is 47.9. The lowest BCUT2D eigenvalue weighted by atomic mass is 10.0. The van der Waals surface area contributed by atoms with Crippen molar-refractivity contribution in [3.8, 4) is 16.9 Å². The predicted molar refractivity (Wildman–Crippen MR) is 125 cm³/mol. The molecule has 35 heavy (non-hydrogen) atoms. The van der Waals surface area contributed by atoms with Crippen molar-refractivity contribution in [2.24, 2.45) is 5.73 Å². The highest BCUT2D eigenvalue weighted by atomic mass is 16.5. The van der Waals surface area contributed by atoms with Gasteiger partial charge < -0.3 is 30.6 Å². The summed E-state index contributed by atoms with van der Waals surface area (Å²) in [5.41, 5.74) is 7.91. The van der Waals surface area contributed by atoms with E-state index in [2.05, 4.69) is 5.32 Å². The molecule has 1 aromatic heterocycles. The molecule has 3 aromatic rings. The number of primary amides is 1. The number of nitrogens with two attached hydrogens (primary N) is 1. The van der Waals surface area contributed by atoms with Crippen LogP contribution in [0.2, 0.25) is 0 Å². The van der Waals surface area contributed by atoms with Gasteiger partial charge in [-0.2, -0.15) is 0 Å². The third kappa shape index (κ3) is 4.92. The molecule has 2 amide bonds. The van der Waals surface area contributed by atoms with Crippen molar-refractivity contribution in [2.75, 3.05) is 13.2 Å². The number of nitrogens with zero attached hydrogens (tertiary/aromatic N) is 1. The SMILES string of the molecule is NC(=O)c1ccc(-c2ccc(Cn3c4c(c(O)c(C(=O)NCC(=O)O)c3=O)CCOC4)cc2)cc1. The number of nitrogens with one attached hydrogen (secondary N) is 1. The molecule has 0 saturated carbocycles. The summed E-state index contributed by atoms with van der Waals surface area (Å²) in [7, 11) is 0. The molecule has 0 bridgehead atoms. The summed E-state index contributed by atoms with van der Waals surface area (Å²) in [6, 6.07) is 14.3. The fraction of sp³-hybridized carbons (Fsp3) is 0.200. The summed E-state index contributed by atoms with van der Waals surface area (Å²) in [6.45, 7) is -0.150. The average Bonchev–Trinajstić information content (AvgIpc) is 2.86. The minimum atomic E-state index is -1.27. The van der Waals surface area contributed by atoms with Crippen LogP contribution in [0.4, 0.5) is 0 Å². The highest BCUT2D eigenvalue weighted by Crippen LogP contribution is 2.28. The van der Waals surface area contributed by atoms with Crippen molar-refractivity contribution < 1.29 is 29.3 Å². The molecular formula is C25H23N3O7. The van der Waals surface area contributed by atoms with Gasteiger partial charge in [-0.25, -0.2) is 0 Å². The Morgan fingerprint density at radius 1 is 1.03 bits per heavy atom. The summed E-state index contributed by atoms with van der Waals surface area (Å²) in [6.07, 6.45) is 0.306. The van der Waals surface area contributed by atoms with Crippen LogP contribution < -0.4 is 16.6 Å². The molecule has 2 aromatic carbocycles. The van der Waals surface area contributed by atoms with E-state index in [0.717, 1.165) is 16.7 Å². The van der Waals surface area contributed by atoms with Gasteiger partial charge in [0.25, 0.3) is 11.5 Å². The van der Waals surface area contributed by atoms with Crippen molar-refractivity contribution in [2.45, 2.75) is 19.6 Å². The van der Waals surface area contributed by atoms with Gasteiger partial charge in [0, 0.05) is 17.5 Å². The van der Waals surface area contributed by atoms with Gasteiger partial charge in [0.15, 0.2) is 0 Å². The molecule has 0 atom stereocenters. The van der Waals surface area contributed by atoms with Crippen LogP contribution in [0.25, 0.3) is 11.1 Å². The molecule has 0 aliphatic carbocycles. The van der Waals surface area contributed by atoms with Gasteiger partial charge in [-0.1, -0.05) is 36.4 Å². The maximum Gasteiger partial charge on any atom is 0.322 e. The quantitative estimate of drug-likeness (QED) is 0.398. The number of pyridine rings is 1. The van der Waals surface area contributed by atoms with E-state index in [4.69, 9.17) is 15.6 Å². The topological polar surface area (TPSA) is 161 Å². The average molecular weight is 477 g/mol. The molecule has 1 aliphatic rings. The van der Waals surface area contributed by atoms with Crippen LogP contribution in [-0.4, -0.2) is 45.7 Å². The Balaban J connectivity index is 1.67. The molecule has 5 N–H and O–H groups in total. The predicted octanol–water partition coefficient (Wildman–Crippen LogP) is 1.26. The van der Waals surface area contributed by atoms with Gasteiger partial charge in [0.2, 0.25) is 5.91 Å². The smallest absolute Gasteiger partial charge is 0.322 e. The number of carboxylic acids is 1. The molecule has 2 heterocycles. The number of aliphatic carboxylic acids is 1. The molecule has 1 aliphatic heterocycles. The number of carboxylic acid groups (broad SMARTS) is 1. The van der Waals surface area contributed by atoms with E-state index in [1.807, 2.05) is 24.3 Å². The first-order valence-electron chi connectivity index (χ1n) is 10.8. The zero-order valence-corrected chi connectivity index (χ0v) is 18.6. The third-order valence-corrected chi connectivity index (χ3v) is 5.82. The lowest BCUT2D eigenvalue weighted by Gasteiger charge is -2.24. The molecule has 180 valence electrons. The number of amides is 2. The molecule has 0 unspecified atom stereocenters. The van der Waals surface area contributed by atoms with Gasteiger partial charge >= 0.3 is 5.97 Å². The van der Waals surface area contributed by atoms with Gasteiger partial charge in [0.05, 0.1) is 25.5 Å². The summed E-state index contributed by atoms with van der Waals surface area (Å²) in [5, 5.41) is 21.6. The molecule has 0 radical (unpaired) electrons. The van der Waals surface area contributed by atoms with Gasteiger partial charge in [-0.15, -0.1) is 0 Å². The van der Waals surface area contributed by atoms with Crippen molar-refractivity contribution in [1.82, 2.24) is 9.88 Å². The number of hydrogen-bond acceptors (Lipinski definition) is 6. The van der Waals surface area contributed by atoms with Crippen molar-refractivity contribution in [1.29, 1.82) is 0 Å². The maximum atomic E-state index is 13.2. The molecule has 4 rings (SSSR count). The minimum Gasteiger partial charge on any atom is -0.507 e. The number of rotatable bonds is 7. The molecule has 10 nitrogen and oxygen atoms in total.